The van der Waals surface area contributed by atoms with Crippen LogP contribution in [0, 0.1) is 11.3 Å². The Labute approximate surface area is 114 Å². The van der Waals surface area contributed by atoms with Crippen molar-refractivity contribution in [3.8, 4) is 11.8 Å². The highest BCUT2D eigenvalue weighted by Gasteiger charge is 2.00. The first-order valence-corrected chi connectivity index (χ1v) is 6.15. The van der Waals surface area contributed by atoms with Gasteiger partial charge in [-0.2, -0.15) is 5.26 Å². The minimum Gasteiger partial charge on any atom is -0.489 e. The summed E-state index contributed by atoms with van der Waals surface area (Å²) in [4.78, 5) is 0. The van der Waals surface area contributed by atoms with E-state index in [9.17, 15) is 0 Å². The largest absolute Gasteiger partial charge is 0.489 e. The lowest BCUT2D eigenvalue weighted by atomic mass is 10.2. The number of nitrogen functional groups attached to an aromatic ring is 1. The van der Waals surface area contributed by atoms with Crippen LogP contribution in [0.1, 0.15) is 11.1 Å². The summed E-state index contributed by atoms with van der Waals surface area (Å²) in [6, 6.07) is 14.8. The molecule has 2 rings (SSSR count). The number of hydrogen-bond acceptors (Lipinski definition) is 3. The van der Waals surface area contributed by atoms with Crippen molar-refractivity contribution in [2.45, 2.75) is 6.61 Å². The number of hydrogen-bond donors (Lipinski definition) is 1. The van der Waals surface area contributed by atoms with Gasteiger partial charge in [-0.25, -0.2) is 0 Å². The second kappa shape index (κ2) is 5.56. The second-order valence-corrected chi connectivity index (χ2v) is 4.64. The molecule has 0 fully saturated rings. The van der Waals surface area contributed by atoms with E-state index in [-0.39, 0.29) is 0 Å². The summed E-state index contributed by atoms with van der Waals surface area (Å²) in [5.41, 5.74) is 8.10. The molecule has 4 heteroatoms. The lowest BCUT2D eigenvalue weighted by Gasteiger charge is -2.07. The number of anilines is 1. The van der Waals surface area contributed by atoms with Gasteiger partial charge in [0.05, 0.1) is 11.6 Å². The summed E-state index contributed by atoms with van der Waals surface area (Å²) in [6.45, 7) is 0.448. The lowest BCUT2D eigenvalue weighted by molar-refractivity contribution is 0.306. The zero-order valence-corrected chi connectivity index (χ0v) is 11.1. The Hall–Kier alpha value is -1.99. The molecule has 0 saturated carbocycles. The van der Waals surface area contributed by atoms with E-state index in [1.54, 1.807) is 24.3 Å². The fraction of sp³-hybridized carbons (Fsp3) is 0.0714. The average Bonchev–Trinajstić information content (AvgIpc) is 2.41. The van der Waals surface area contributed by atoms with Crippen molar-refractivity contribution >= 4 is 21.6 Å². The number of ether oxygens (including phenoxy) is 1. The van der Waals surface area contributed by atoms with Gasteiger partial charge in [-0.1, -0.05) is 6.07 Å². The molecule has 3 nitrogen and oxygen atoms in total. The van der Waals surface area contributed by atoms with Crippen molar-refractivity contribution in [1.29, 1.82) is 5.26 Å². The summed E-state index contributed by atoms with van der Waals surface area (Å²) in [5.74, 6) is 0.732. The highest BCUT2D eigenvalue weighted by molar-refractivity contribution is 9.10. The molecule has 0 heterocycles. The van der Waals surface area contributed by atoms with E-state index in [4.69, 9.17) is 15.7 Å². The molecule has 18 heavy (non-hydrogen) atoms. The number of rotatable bonds is 3. The van der Waals surface area contributed by atoms with E-state index in [1.165, 1.54) is 0 Å². The van der Waals surface area contributed by atoms with Crippen molar-refractivity contribution in [1.82, 2.24) is 0 Å². The van der Waals surface area contributed by atoms with Crippen LogP contribution in [0.4, 0.5) is 5.69 Å². The Morgan fingerprint density at radius 1 is 1.17 bits per heavy atom. The first kappa shape index (κ1) is 12.5. The van der Waals surface area contributed by atoms with E-state index in [0.717, 1.165) is 15.8 Å². The molecule has 2 aromatic rings. The highest BCUT2D eigenvalue weighted by Crippen LogP contribution is 2.21. The zero-order valence-electron chi connectivity index (χ0n) is 9.56. The van der Waals surface area contributed by atoms with Gasteiger partial charge in [0.15, 0.2) is 0 Å². The Kier molecular flexibility index (Phi) is 3.85. The van der Waals surface area contributed by atoms with Crippen LogP contribution in [0.2, 0.25) is 0 Å². The van der Waals surface area contributed by atoms with Gasteiger partial charge in [0.1, 0.15) is 12.4 Å². The maximum absolute atomic E-state index is 8.68. The standard InChI is InChI=1S/C14H11BrN2O/c15-13-6-3-11(7-14(13)17)9-18-12-4-1-10(8-16)2-5-12/h1-7H,9,17H2. The monoisotopic (exact) mass is 302 g/mol. The molecule has 0 amide bonds. The van der Waals surface area contributed by atoms with E-state index in [2.05, 4.69) is 22.0 Å². The first-order chi connectivity index (χ1) is 8.69. The molecule has 0 aliphatic carbocycles. The van der Waals surface area contributed by atoms with Crippen LogP contribution >= 0.6 is 15.9 Å². The van der Waals surface area contributed by atoms with Crippen LogP contribution in [0.15, 0.2) is 46.9 Å². The molecule has 90 valence electrons. The number of halogens is 1. The van der Waals surface area contributed by atoms with Gasteiger partial charge >= 0.3 is 0 Å². The Bertz CT molecular complexity index is 588. The van der Waals surface area contributed by atoms with Gasteiger partial charge < -0.3 is 10.5 Å². The predicted molar refractivity (Wildman–Crippen MR) is 74.0 cm³/mol. The van der Waals surface area contributed by atoms with Gasteiger partial charge in [0.2, 0.25) is 0 Å². The minimum absolute atomic E-state index is 0.448. The molecule has 0 aromatic heterocycles. The molecule has 0 unspecified atom stereocenters. The summed E-state index contributed by atoms with van der Waals surface area (Å²) in [5, 5.41) is 8.68. The number of benzene rings is 2. The van der Waals surface area contributed by atoms with Crippen molar-refractivity contribution < 1.29 is 4.74 Å². The quantitative estimate of drug-likeness (QED) is 0.883. The predicted octanol–water partition coefficient (Wildman–Crippen LogP) is 3.48. The summed E-state index contributed by atoms with van der Waals surface area (Å²) in [7, 11) is 0. The molecular weight excluding hydrogens is 292 g/mol. The van der Waals surface area contributed by atoms with Crippen LogP contribution in [0.5, 0.6) is 5.75 Å². The highest BCUT2D eigenvalue weighted by atomic mass is 79.9. The van der Waals surface area contributed by atoms with Crippen LogP contribution in [-0.2, 0) is 6.61 Å². The maximum atomic E-state index is 8.68. The second-order valence-electron chi connectivity index (χ2n) is 3.78. The number of nitriles is 1. The molecule has 0 aliphatic rings. The summed E-state index contributed by atoms with van der Waals surface area (Å²) >= 11 is 3.34. The van der Waals surface area contributed by atoms with E-state index in [0.29, 0.717) is 17.9 Å². The molecule has 2 aromatic carbocycles. The smallest absolute Gasteiger partial charge is 0.119 e. The third kappa shape index (κ3) is 3.02. The Balaban J connectivity index is 2.02. The normalized spacial score (nSPS) is 9.78. The average molecular weight is 303 g/mol. The van der Waals surface area contributed by atoms with Crippen LogP contribution in [0.3, 0.4) is 0 Å². The van der Waals surface area contributed by atoms with Crippen molar-refractivity contribution in [2.24, 2.45) is 0 Å². The molecule has 0 aliphatic heterocycles. The minimum atomic E-state index is 0.448. The maximum Gasteiger partial charge on any atom is 0.119 e. The van der Waals surface area contributed by atoms with E-state index in [1.807, 2.05) is 18.2 Å². The van der Waals surface area contributed by atoms with E-state index >= 15 is 0 Å². The van der Waals surface area contributed by atoms with Crippen LogP contribution in [-0.4, -0.2) is 0 Å². The van der Waals surface area contributed by atoms with Gasteiger partial charge in [0.25, 0.3) is 0 Å². The molecule has 0 atom stereocenters. The van der Waals surface area contributed by atoms with Crippen LogP contribution in [0.25, 0.3) is 0 Å². The third-order valence-corrected chi connectivity index (χ3v) is 3.17. The van der Waals surface area contributed by atoms with Crippen molar-refractivity contribution in [3.63, 3.8) is 0 Å². The van der Waals surface area contributed by atoms with E-state index < -0.39 is 0 Å². The van der Waals surface area contributed by atoms with Gasteiger partial charge in [0, 0.05) is 10.2 Å². The van der Waals surface area contributed by atoms with Crippen molar-refractivity contribution in [3.05, 3.63) is 58.1 Å². The molecule has 0 radical (unpaired) electrons. The van der Waals surface area contributed by atoms with Gasteiger partial charge in [-0.15, -0.1) is 0 Å². The lowest BCUT2D eigenvalue weighted by Crippen LogP contribution is -1.97. The van der Waals surface area contributed by atoms with Crippen molar-refractivity contribution in [2.75, 3.05) is 5.73 Å². The molecule has 0 spiro atoms. The topological polar surface area (TPSA) is 59.0 Å². The Morgan fingerprint density at radius 2 is 1.89 bits per heavy atom. The molecule has 0 bridgehead atoms. The zero-order chi connectivity index (χ0) is 13.0. The summed E-state index contributed by atoms with van der Waals surface area (Å²) < 4.78 is 6.49. The number of nitrogens with zero attached hydrogens (tertiary/aromatic N) is 1. The number of nitrogens with two attached hydrogens (primary N) is 1. The summed E-state index contributed by atoms with van der Waals surface area (Å²) in [6.07, 6.45) is 0. The van der Waals surface area contributed by atoms with Gasteiger partial charge in [-0.05, 0) is 57.9 Å². The van der Waals surface area contributed by atoms with Gasteiger partial charge in [-0.3, -0.25) is 0 Å². The Morgan fingerprint density at radius 3 is 2.50 bits per heavy atom. The molecule has 0 saturated heterocycles. The fourth-order valence-electron chi connectivity index (χ4n) is 1.48. The molecular formula is C14H11BrN2O. The first-order valence-electron chi connectivity index (χ1n) is 5.36. The SMILES string of the molecule is N#Cc1ccc(OCc2ccc(Br)c(N)c2)cc1. The fourth-order valence-corrected chi connectivity index (χ4v) is 1.72. The molecule has 2 N–H and O–H groups in total. The third-order valence-electron chi connectivity index (χ3n) is 2.45. The van der Waals surface area contributed by atoms with Crippen LogP contribution < -0.4 is 10.5 Å².